The molecule has 1 atom stereocenters. The van der Waals surface area contributed by atoms with E-state index >= 15 is 0 Å². The predicted octanol–water partition coefficient (Wildman–Crippen LogP) is 6.95. The van der Waals surface area contributed by atoms with E-state index in [2.05, 4.69) is 98.8 Å². The monoisotopic (exact) mass is 501 g/mol. The Kier molecular flexibility index (Phi) is 7.89. The highest BCUT2D eigenvalue weighted by Crippen LogP contribution is 2.67. The van der Waals surface area contributed by atoms with Gasteiger partial charge in [-0.05, 0) is 73.5 Å². The maximum absolute atomic E-state index is 5.61. The van der Waals surface area contributed by atoms with Crippen LogP contribution in [0, 0.1) is 0 Å². The van der Waals surface area contributed by atoms with Gasteiger partial charge in [0.25, 0.3) is 0 Å². The van der Waals surface area contributed by atoms with Crippen molar-refractivity contribution in [2.75, 3.05) is 20.4 Å². The topological polar surface area (TPSA) is 18.5 Å². The second-order valence-corrected chi connectivity index (χ2v) is 13.6. The third-order valence-electron chi connectivity index (χ3n) is 7.26. The summed E-state index contributed by atoms with van der Waals surface area (Å²) in [5, 5.41) is 2.81. The molecule has 35 heavy (non-hydrogen) atoms. The highest BCUT2D eigenvalue weighted by molar-refractivity contribution is 7.91. The molecule has 0 fully saturated rings. The van der Waals surface area contributed by atoms with Crippen molar-refractivity contribution in [1.29, 1.82) is 0 Å². The number of hydrogen-bond donors (Lipinski definition) is 1. The fourth-order valence-corrected chi connectivity index (χ4v) is 11.0. The SMILES string of the molecule is CC[P+](c1ccccc1)(c1ccccc1)C(C)C(S)(c1ccc(OC)cc1)c1ccc(OC)cc1. The first kappa shape index (κ1) is 25.4. The summed E-state index contributed by atoms with van der Waals surface area (Å²) in [6.45, 7) is 4.72. The molecule has 0 amide bonds. The van der Waals surface area contributed by atoms with Crippen molar-refractivity contribution in [1.82, 2.24) is 0 Å². The number of benzene rings is 4. The molecule has 4 rings (SSSR count). The lowest BCUT2D eigenvalue weighted by Gasteiger charge is -2.43. The molecule has 1 unspecified atom stereocenters. The van der Waals surface area contributed by atoms with Gasteiger partial charge in [-0.1, -0.05) is 60.7 Å². The van der Waals surface area contributed by atoms with Gasteiger partial charge in [-0.2, -0.15) is 12.6 Å². The molecular weight excluding hydrogens is 467 g/mol. The van der Waals surface area contributed by atoms with Crippen molar-refractivity contribution >= 4 is 30.5 Å². The average molecular weight is 502 g/mol. The Hall–Kier alpha value is -2.74. The van der Waals surface area contributed by atoms with Crippen LogP contribution in [0.15, 0.2) is 109 Å². The van der Waals surface area contributed by atoms with Gasteiger partial charge >= 0.3 is 0 Å². The Morgan fingerprint density at radius 2 is 1.03 bits per heavy atom. The van der Waals surface area contributed by atoms with Gasteiger partial charge in [-0.15, -0.1) is 0 Å². The molecule has 4 heteroatoms. The zero-order valence-corrected chi connectivity index (χ0v) is 22.7. The molecule has 0 aromatic heterocycles. The van der Waals surface area contributed by atoms with Crippen LogP contribution in [0.1, 0.15) is 25.0 Å². The highest BCUT2D eigenvalue weighted by Gasteiger charge is 2.56. The Morgan fingerprint density at radius 1 is 0.657 bits per heavy atom. The first-order chi connectivity index (χ1) is 17.0. The summed E-state index contributed by atoms with van der Waals surface area (Å²) in [6, 6.07) is 38.8. The lowest BCUT2D eigenvalue weighted by Crippen LogP contribution is -2.43. The van der Waals surface area contributed by atoms with Crippen LogP contribution in [0.5, 0.6) is 11.5 Å². The van der Waals surface area contributed by atoms with Crippen LogP contribution in [0.3, 0.4) is 0 Å². The standard InChI is InChI=1S/C31H33O2PS/c1-5-34(29-12-8-6-9-13-29,30-14-10-7-11-15-30)24(2)31(35,25-16-20-27(32-3)21-17-25)26-18-22-28(33-4)23-19-26/h6-24H,5H2,1-4H3/p+1. The number of hydrogen-bond acceptors (Lipinski definition) is 3. The molecule has 0 radical (unpaired) electrons. The molecule has 0 saturated heterocycles. The molecule has 0 saturated carbocycles. The molecule has 180 valence electrons. The van der Waals surface area contributed by atoms with E-state index < -0.39 is 12.0 Å². The zero-order valence-electron chi connectivity index (χ0n) is 20.9. The summed E-state index contributed by atoms with van der Waals surface area (Å²) in [4.78, 5) is 0. The van der Waals surface area contributed by atoms with Crippen molar-refractivity contribution < 1.29 is 9.47 Å². The minimum Gasteiger partial charge on any atom is -0.497 e. The summed E-state index contributed by atoms with van der Waals surface area (Å²) in [5.74, 6) is 1.68. The Labute approximate surface area is 216 Å². The third-order valence-corrected chi connectivity index (χ3v) is 13.5. The molecular formula is C31H34O2PS+. The number of ether oxygens (including phenoxy) is 2. The normalized spacial score (nSPS) is 12.7. The Balaban J connectivity index is 2.00. The number of rotatable bonds is 9. The number of methoxy groups -OCH3 is 2. The van der Waals surface area contributed by atoms with Gasteiger partial charge in [0.15, 0.2) is 0 Å². The summed E-state index contributed by atoms with van der Waals surface area (Å²) in [6.07, 6.45) is 1.04. The van der Waals surface area contributed by atoms with E-state index in [1.807, 2.05) is 24.3 Å². The van der Waals surface area contributed by atoms with E-state index in [1.165, 1.54) is 10.6 Å². The maximum Gasteiger partial charge on any atom is 0.118 e. The highest BCUT2D eigenvalue weighted by atomic mass is 32.1. The fraction of sp³-hybridized carbons (Fsp3) is 0.226. The summed E-state index contributed by atoms with van der Waals surface area (Å²) >= 11 is 5.61. The number of thiol groups is 1. The second-order valence-electron chi connectivity index (χ2n) is 8.76. The van der Waals surface area contributed by atoms with Gasteiger partial charge in [0.1, 0.15) is 11.5 Å². The van der Waals surface area contributed by atoms with Gasteiger partial charge in [0.2, 0.25) is 0 Å². The second kappa shape index (κ2) is 10.9. The Bertz CT molecular complexity index is 1120. The summed E-state index contributed by atoms with van der Waals surface area (Å²) in [5.41, 5.74) is 2.50. The molecule has 4 aromatic rings. The van der Waals surface area contributed by atoms with Gasteiger partial charge in [-0.3, -0.25) is 0 Å². The van der Waals surface area contributed by atoms with E-state index in [0.717, 1.165) is 28.8 Å². The zero-order chi connectivity index (χ0) is 24.9. The first-order valence-electron chi connectivity index (χ1n) is 12.0. The smallest absolute Gasteiger partial charge is 0.118 e. The lowest BCUT2D eigenvalue weighted by atomic mass is 9.87. The van der Waals surface area contributed by atoms with Crippen molar-refractivity contribution in [3.8, 4) is 11.5 Å². The largest absolute Gasteiger partial charge is 0.497 e. The fourth-order valence-electron chi connectivity index (χ4n) is 5.28. The van der Waals surface area contributed by atoms with Crippen molar-refractivity contribution in [2.45, 2.75) is 24.3 Å². The van der Waals surface area contributed by atoms with Gasteiger partial charge in [-0.25, -0.2) is 0 Å². The van der Waals surface area contributed by atoms with E-state index in [1.54, 1.807) is 14.2 Å². The van der Waals surface area contributed by atoms with Crippen molar-refractivity contribution in [3.63, 3.8) is 0 Å². The molecule has 4 aromatic carbocycles. The third kappa shape index (κ3) is 4.60. The van der Waals surface area contributed by atoms with Crippen LogP contribution in [0.4, 0.5) is 0 Å². The molecule has 0 N–H and O–H groups in total. The van der Waals surface area contributed by atoms with E-state index in [4.69, 9.17) is 22.1 Å². The molecule has 0 spiro atoms. The predicted molar refractivity (Wildman–Crippen MR) is 155 cm³/mol. The van der Waals surface area contributed by atoms with Crippen molar-refractivity contribution in [3.05, 3.63) is 120 Å². The van der Waals surface area contributed by atoms with Gasteiger partial charge in [0.05, 0.1) is 48.7 Å². The van der Waals surface area contributed by atoms with Crippen LogP contribution in [-0.2, 0) is 4.75 Å². The molecule has 0 aliphatic rings. The van der Waals surface area contributed by atoms with Crippen LogP contribution in [0.2, 0.25) is 0 Å². The quantitative estimate of drug-likeness (QED) is 0.198. The van der Waals surface area contributed by atoms with Crippen molar-refractivity contribution in [2.24, 2.45) is 0 Å². The van der Waals surface area contributed by atoms with Gasteiger partial charge < -0.3 is 9.47 Å². The Morgan fingerprint density at radius 3 is 1.34 bits per heavy atom. The van der Waals surface area contributed by atoms with Gasteiger partial charge in [0, 0.05) is 0 Å². The summed E-state index contributed by atoms with van der Waals surface area (Å²) < 4.78 is 10.4. The average Bonchev–Trinajstić information content (AvgIpc) is 2.94. The molecule has 0 aliphatic carbocycles. The minimum atomic E-state index is -1.90. The molecule has 0 aliphatic heterocycles. The van der Waals surface area contributed by atoms with E-state index in [-0.39, 0.29) is 5.66 Å². The van der Waals surface area contributed by atoms with Crippen LogP contribution in [0.25, 0.3) is 0 Å². The molecule has 0 heterocycles. The van der Waals surface area contributed by atoms with Crippen LogP contribution in [-0.4, -0.2) is 26.0 Å². The molecule has 2 nitrogen and oxygen atoms in total. The van der Waals surface area contributed by atoms with E-state index in [0.29, 0.717) is 0 Å². The summed E-state index contributed by atoms with van der Waals surface area (Å²) in [7, 11) is 1.50. The van der Waals surface area contributed by atoms with E-state index in [9.17, 15) is 0 Å². The van der Waals surface area contributed by atoms with Crippen LogP contribution >= 0.6 is 19.9 Å². The molecule has 0 bridgehead atoms. The first-order valence-corrected chi connectivity index (χ1v) is 14.5. The maximum atomic E-state index is 5.61. The van der Waals surface area contributed by atoms with Crippen LogP contribution < -0.4 is 20.1 Å². The lowest BCUT2D eigenvalue weighted by molar-refractivity contribution is 0.414. The minimum absolute atomic E-state index is 0.190.